The van der Waals surface area contributed by atoms with Crippen LogP contribution in [-0.4, -0.2) is 10.9 Å². The number of hydrogen-bond acceptors (Lipinski definition) is 4. The Kier molecular flexibility index (Phi) is 3.88. The summed E-state index contributed by atoms with van der Waals surface area (Å²) in [5.41, 5.74) is 6.77. The van der Waals surface area contributed by atoms with Crippen LogP contribution in [0.25, 0.3) is 0 Å². The van der Waals surface area contributed by atoms with E-state index < -0.39 is 0 Å². The van der Waals surface area contributed by atoms with Gasteiger partial charge in [-0.15, -0.1) is 0 Å². The van der Waals surface area contributed by atoms with E-state index in [0.717, 1.165) is 29.2 Å². The van der Waals surface area contributed by atoms with Gasteiger partial charge in [-0.3, -0.25) is 4.99 Å². The first-order valence-corrected chi connectivity index (χ1v) is 7.96. The lowest BCUT2D eigenvalue weighted by molar-refractivity contribution is 0.462. The monoisotopic (exact) mass is 298 g/mol. The highest BCUT2D eigenvalue weighted by Crippen LogP contribution is 2.36. The molecular weight excluding hydrogens is 280 g/mol. The molecule has 0 fully saturated rings. The lowest BCUT2D eigenvalue weighted by Crippen LogP contribution is -2.28. The number of rotatable bonds is 3. The van der Waals surface area contributed by atoms with Gasteiger partial charge in [-0.2, -0.15) is 0 Å². The lowest BCUT2D eigenvalue weighted by Gasteiger charge is -2.30. The third-order valence-corrected chi connectivity index (χ3v) is 4.43. The van der Waals surface area contributed by atoms with Crippen LogP contribution in [0, 0.1) is 0 Å². The molecule has 1 atom stereocenters. The molecule has 0 radical (unpaired) electrons. The Morgan fingerprint density at radius 2 is 1.86 bits per heavy atom. The highest BCUT2D eigenvalue weighted by atomic mass is 32.2. The molecule has 3 rings (SSSR count). The molecule has 0 saturated carbocycles. The number of amidine groups is 1. The second kappa shape index (κ2) is 5.82. The molecule has 0 saturated heterocycles. The fourth-order valence-corrected chi connectivity index (χ4v) is 3.39. The molecule has 0 spiro atoms. The van der Waals surface area contributed by atoms with Crippen molar-refractivity contribution in [1.29, 1.82) is 0 Å². The standard InChI is InChI=1S/C17H18N2OS/c1-17(10-11-21-16(18)19-17)13-6-5-9-15(12-13)20-14-7-3-2-4-8-14/h2-9,12H,10-11H2,1H3,(H2,18,19). The van der Waals surface area contributed by atoms with Crippen molar-refractivity contribution in [2.24, 2.45) is 10.7 Å². The Bertz CT molecular complexity index is 657. The number of nitrogens with zero attached hydrogens (tertiary/aromatic N) is 1. The molecule has 0 aliphatic carbocycles. The van der Waals surface area contributed by atoms with Crippen LogP contribution in [0.3, 0.4) is 0 Å². The van der Waals surface area contributed by atoms with Crippen LogP contribution in [0.4, 0.5) is 0 Å². The zero-order valence-electron chi connectivity index (χ0n) is 12.0. The van der Waals surface area contributed by atoms with E-state index in [1.807, 2.05) is 42.5 Å². The van der Waals surface area contributed by atoms with Gasteiger partial charge in [0.25, 0.3) is 0 Å². The number of para-hydroxylation sites is 1. The van der Waals surface area contributed by atoms with E-state index in [0.29, 0.717) is 5.17 Å². The molecule has 3 nitrogen and oxygen atoms in total. The maximum atomic E-state index is 5.90. The summed E-state index contributed by atoms with van der Waals surface area (Å²) in [4.78, 5) is 4.63. The number of benzene rings is 2. The molecule has 21 heavy (non-hydrogen) atoms. The SMILES string of the molecule is CC1(c2cccc(Oc3ccccc3)c2)CCSC(N)=N1. The molecule has 4 heteroatoms. The summed E-state index contributed by atoms with van der Waals surface area (Å²) in [5, 5.41) is 0.665. The van der Waals surface area contributed by atoms with Gasteiger partial charge < -0.3 is 10.5 Å². The van der Waals surface area contributed by atoms with Crippen molar-refractivity contribution in [3.8, 4) is 11.5 Å². The molecule has 0 bridgehead atoms. The summed E-state index contributed by atoms with van der Waals surface area (Å²) in [7, 11) is 0. The van der Waals surface area contributed by atoms with Gasteiger partial charge in [-0.05, 0) is 43.2 Å². The van der Waals surface area contributed by atoms with E-state index in [1.165, 1.54) is 0 Å². The summed E-state index contributed by atoms with van der Waals surface area (Å²) in [6.45, 7) is 2.13. The van der Waals surface area contributed by atoms with E-state index in [2.05, 4.69) is 24.0 Å². The van der Waals surface area contributed by atoms with E-state index in [1.54, 1.807) is 11.8 Å². The quantitative estimate of drug-likeness (QED) is 0.926. The van der Waals surface area contributed by atoms with Crippen molar-refractivity contribution in [3.63, 3.8) is 0 Å². The van der Waals surface area contributed by atoms with Gasteiger partial charge in [-0.1, -0.05) is 42.1 Å². The predicted molar refractivity (Wildman–Crippen MR) is 89.0 cm³/mol. The van der Waals surface area contributed by atoms with Gasteiger partial charge in [0.05, 0.1) is 5.54 Å². The first kappa shape index (κ1) is 14.0. The van der Waals surface area contributed by atoms with Crippen LogP contribution >= 0.6 is 11.8 Å². The van der Waals surface area contributed by atoms with Gasteiger partial charge >= 0.3 is 0 Å². The molecular formula is C17H18N2OS. The highest BCUT2D eigenvalue weighted by Gasteiger charge is 2.29. The minimum absolute atomic E-state index is 0.259. The van der Waals surface area contributed by atoms with Crippen LogP contribution in [0.1, 0.15) is 18.9 Å². The van der Waals surface area contributed by atoms with E-state index in [9.17, 15) is 0 Å². The van der Waals surface area contributed by atoms with Crippen molar-refractivity contribution in [2.45, 2.75) is 18.9 Å². The molecule has 0 aromatic heterocycles. The third kappa shape index (κ3) is 3.22. The number of hydrogen-bond donors (Lipinski definition) is 1. The van der Waals surface area contributed by atoms with E-state index >= 15 is 0 Å². The largest absolute Gasteiger partial charge is 0.457 e. The van der Waals surface area contributed by atoms with E-state index in [-0.39, 0.29) is 5.54 Å². The predicted octanol–water partition coefficient (Wildman–Crippen LogP) is 4.15. The Labute approximate surface area is 129 Å². The fourth-order valence-electron chi connectivity index (χ4n) is 2.41. The molecule has 2 aromatic rings. The average molecular weight is 298 g/mol. The van der Waals surface area contributed by atoms with Crippen LogP contribution in [-0.2, 0) is 5.54 Å². The fraction of sp³-hybridized carbons (Fsp3) is 0.235. The van der Waals surface area contributed by atoms with E-state index in [4.69, 9.17) is 10.5 Å². The second-order valence-electron chi connectivity index (χ2n) is 5.27. The van der Waals surface area contributed by atoms with Gasteiger partial charge in [0.15, 0.2) is 5.17 Å². The molecule has 0 amide bonds. The number of aliphatic imine (C=N–C) groups is 1. The minimum Gasteiger partial charge on any atom is -0.457 e. The minimum atomic E-state index is -0.259. The van der Waals surface area contributed by atoms with Crippen molar-refractivity contribution in [1.82, 2.24) is 0 Å². The van der Waals surface area contributed by atoms with Crippen molar-refractivity contribution >= 4 is 16.9 Å². The van der Waals surface area contributed by atoms with Crippen molar-refractivity contribution in [2.75, 3.05) is 5.75 Å². The van der Waals surface area contributed by atoms with Gasteiger partial charge in [0, 0.05) is 5.75 Å². The maximum absolute atomic E-state index is 5.90. The zero-order chi connectivity index (χ0) is 14.7. The van der Waals surface area contributed by atoms with Crippen molar-refractivity contribution in [3.05, 3.63) is 60.2 Å². The second-order valence-corrected chi connectivity index (χ2v) is 6.38. The molecule has 1 heterocycles. The maximum Gasteiger partial charge on any atom is 0.154 e. The Morgan fingerprint density at radius 3 is 2.62 bits per heavy atom. The molecule has 2 aromatic carbocycles. The normalized spacial score (nSPS) is 21.7. The van der Waals surface area contributed by atoms with Gasteiger partial charge in [0.1, 0.15) is 11.5 Å². The van der Waals surface area contributed by atoms with Crippen molar-refractivity contribution < 1.29 is 4.74 Å². The lowest BCUT2D eigenvalue weighted by atomic mass is 9.90. The van der Waals surface area contributed by atoms with Crippen LogP contribution in [0.5, 0.6) is 11.5 Å². The summed E-state index contributed by atoms with van der Waals surface area (Å²) >= 11 is 1.62. The summed E-state index contributed by atoms with van der Waals surface area (Å²) < 4.78 is 5.90. The summed E-state index contributed by atoms with van der Waals surface area (Å²) in [6.07, 6.45) is 0.979. The molecule has 1 aliphatic heterocycles. The topological polar surface area (TPSA) is 47.6 Å². The molecule has 1 aliphatic rings. The molecule has 1 unspecified atom stereocenters. The van der Waals surface area contributed by atoms with Crippen LogP contribution in [0.2, 0.25) is 0 Å². The smallest absolute Gasteiger partial charge is 0.154 e. The average Bonchev–Trinajstić information content (AvgIpc) is 2.48. The Hall–Kier alpha value is -1.94. The number of thioether (sulfide) groups is 1. The highest BCUT2D eigenvalue weighted by molar-refractivity contribution is 8.13. The zero-order valence-corrected chi connectivity index (χ0v) is 12.8. The number of nitrogens with two attached hydrogens (primary N) is 1. The summed E-state index contributed by atoms with van der Waals surface area (Å²) in [5.74, 6) is 2.66. The van der Waals surface area contributed by atoms with Crippen LogP contribution in [0.15, 0.2) is 59.6 Å². The Balaban J connectivity index is 1.88. The van der Waals surface area contributed by atoms with Crippen LogP contribution < -0.4 is 10.5 Å². The van der Waals surface area contributed by atoms with Gasteiger partial charge in [0.2, 0.25) is 0 Å². The number of ether oxygens (including phenoxy) is 1. The first-order valence-electron chi connectivity index (χ1n) is 6.97. The van der Waals surface area contributed by atoms with Gasteiger partial charge in [-0.25, -0.2) is 0 Å². The first-order chi connectivity index (χ1) is 10.2. The molecule has 2 N–H and O–H groups in total. The Morgan fingerprint density at radius 1 is 1.10 bits per heavy atom. The third-order valence-electron chi connectivity index (χ3n) is 3.63. The molecule has 108 valence electrons. The summed E-state index contributed by atoms with van der Waals surface area (Å²) in [6, 6.07) is 17.9.